The molecule has 4 heteroatoms. The first-order chi connectivity index (χ1) is 6.22. The lowest BCUT2D eigenvalue weighted by atomic mass is 10.1. The molecule has 4 nitrogen and oxygen atoms in total. The normalized spacial score (nSPS) is 11.5. The van der Waals surface area contributed by atoms with Gasteiger partial charge in [0.05, 0.1) is 6.61 Å². The van der Waals surface area contributed by atoms with E-state index >= 15 is 0 Å². The Balaban J connectivity index is 3.54. The molecule has 0 radical (unpaired) electrons. The second-order valence-corrected chi connectivity index (χ2v) is 2.52. The van der Waals surface area contributed by atoms with Gasteiger partial charge in [0, 0.05) is 0 Å². The maximum atomic E-state index is 10.8. The summed E-state index contributed by atoms with van der Waals surface area (Å²) < 4.78 is 4.58. The summed E-state index contributed by atoms with van der Waals surface area (Å²) in [7, 11) is 0. The molecule has 1 atom stereocenters. The van der Waals surface area contributed by atoms with Gasteiger partial charge >= 0.3 is 5.97 Å². The minimum absolute atomic E-state index is 0.268. The summed E-state index contributed by atoms with van der Waals surface area (Å²) in [5, 5.41) is 9.16. The molecule has 74 valence electrons. The summed E-state index contributed by atoms with van der Waals surface area (Å²) in [6, 6.07) is 0. The summed E-state index contributed by atoms with van der Waals surface area (Å²) in [6.45, 7) is 1.95. The highest BCUT2D eigenvalue weighted by Crippen LogP contribution is 2.02. The molecule has 0 aliphatic heterocycles. The van der Waals surface area contributed by atoms with Crippen molar-refractivity contribution in [1.82, 2.24) is 0 Å². The lowest BCUT2D eigenvalue weighted by molar-refractivity contribution is -0.153. The summed E-state index contributed by atoms with van der Waals surface area (Å²) in [5.41, 5.74) is 0. The van der Waals surface area contributed by atoms with Crippen LogP contribution in [-0.2, 0) is 14.3 Å². The maximum absolute atomic E-state index is 10.8. The van der Waals surface area contributed by atoms with E-state index in [1.165, 1.54) is 6.08 Å². The van der Waals surface area contributed by atoms with Gasteiger partial charge in [-0.2, -0.15) is 0 Å². The fourth-order valence-electron chi connectivity index (χ4n) is 0.828. The Hall–Kier alpha value is -1.12. The Bertz CT molecular complexity index is 194. The molecule has 0 aromatic heterocycles. The highest BCUT2D eigenvalue weighted by molar-refractivity contribution is 5.74. The van der Waals surface area contributed by atoms with Crippen molar-refractivity contribution in [2.75, 3.05) is 6.61 Å². The molecule has 0 spiro atoms. The number of unbranched alkanes of at least 4 members (excludes halogenated alkanes) is 1. The fraction of sp³-hybridized carbons (Fsp3) is 0.667. The third-order valence-corrected chi connectivity index (χ3v) is 1.47. The summed E-state index contributed by atoms with van der Waals surface area (Å²) in [5.74, 6) is 1.02. The third kappa shape index (κ3) is 6.08. The van der Waals surface area contributed by atoms with E-state index in [0.717, 1.165) is 0 Å². The predicted octanol–water partition coefficient (Wildman–Crippen LogP) is 0.468. The molecule has 0 saturated carbocycles. The second-order valence-electron chi connectivity index (χ2n) is 2.52. The van der Waals surface area contributed by atoms with Gasteiger partial charge in [0.15, 0.2) is 6.10 Å². The second kappa shape index (κ2) is 7.53. The third-order valence-electron chi connectivity index (χ3n) is 1.47. The van der Waals surface area contributed by atoms with Crippen molar-refractivity contribution in [3.8, 4) is 0 Å². The van der Waals surface area contributed by atoms with Crippen molar-refractivity contribution >= 4 is 11.9 Å². The first-order valence-electron chi connectivity index (χ1n) is 4.26. The van der Waals surface area contributed by atoms with Crippen molar-refractivity contribution in [2.45, 2.75) is 32.3 Å². The predicted molar refractivity (Wildman–Crippen MR) is 46.8 cm³/mol. The van der Waals surface area contributed by atoms with Gasteiger partial charge in [-0.1, -0.05) is 0 Å². The molecule has 0 aliphatic rings. The Morgan fingerprint density at radius 1 is 1.69 bits per heavy atom. The van der Waals surface area contributed by atoms with E-state index in [1.54, 1.807) is 12.9 Å². The highest BCUT2D eigenvalue weighted by atomic mass is 16.5. The van der Waals surface area contributed by atoms with Crippen LogP contribution in [0.25, 0.3) is 0 Å². The number of rotatable bonds is 6. The van der Waals surface area contributed by atoms with Crippen molar-refractivity contribution < 1.29 is 19.4 Å². The van der Waals surface area contributed by atoms with Crippen LogP contribution in [0.15, 0.2) is 6.08 Å². The van der Waals surface area contributed by atoms with Gasteiger partial charge in [0.2, 0.25) is 0 Å². The monoisotopic (exact) mass is 186 g/mol. The number of aliphatic hydroxyl groups is 1. The van der Waals surface area contributed by atoms with Crippen molar-refractivity contribution in [2.24, 2.45) is 0 Å². The molecule has 0 aromatic rings. The summed E-state index contributed by atoms with van der Waals surface area (Å²) in [6.07, 6.45) is 1.68. The average molecular weight is 186 g/mol. The zero-order chi connectivity index (χ0) is 10.1. The van der Waals surface area contributed by atoms with Gasteiger partial charge in [-0.05, 0) is 32.3 Å². The minimum Gasteiger partial charge on any atom is -0.464 e. The molecule has 0 aliphatic carbocycles. The first-order valence-corrected chi connectivity index (χ1v) is 4.26. The molecule has 0 unspecified atom stereocenters. The van der Waals surface area contributed by atoms with Crippen LogP contribution >= 0.6 is 0 Å². The van der Waals surface area contributed by atoms with Crippen LogP contribution in [0.4, 0.5) is 0 Å². The largest absolute Gasteiger partial charge is 0.464 e. The quantitative estimate of drug-likeness (QED) is 0.372. The van der Waals surface area contributed by atoms with Crippen molar-refractivity contribution in [3.05, 3.63) is 6.08 Å². The number of hydrogen-bond acceptors (Lipinski definition) is 4. The highest BCUT2D eigenvalue weighted by Gasteiger charge is 2.14. The van der Waals surface area contributed by atoms with E-state index in [9.17, 15) is 9.59 Å². The molecule has 0 aromatic carbocycles. The summed E-state index contributed by atoms with van der Waals surface area (Å²) in [4.78, 5) is 20.6. The number of ether oxygens (including phenoxy) is 1. The molecule has 0 bridgehead atoms. The number of allylic oxidation sites excluding steroid dienone is 1. The standard InChI is InChI=1S/C9H14O4/c1-2-13-9(12)8(11)6-4-3-5-7-10/h5,8,11H,2-4,6H2,1H3/t8-/m1/s1. The molecule has 0 amide bonds. The Kier molecular flexibility index (Phi) is 6.88. The van der Waals surface area contributed by atoms with E-state index in [4.69, 9.17) is 5.11 Å². The lowest BCUT2D eigenvalue weighted by Crippen LogP contribution is -2.22. The molecule has 1 N–H and O–H groups in total. The van der Waals surface area contributed by atoms with Crippen LogP contribution < -0.4 is 0 Å². The average Bonchev–Trinajstić information content (AvgIpc) is 2.12. The molecule has 0 saturated heterocycles. The fourth-order valence-corrected chi connectivity index (χ4v) is 0.828. The Morgan fingerprint density at radius 3 is 2.92 bits per heavy atom. The maximum Gasteiger partial charge on any atom is 0.334 e. The smallest absolute Gasteiger partial charge is 0.334 e. The molecular weight excluding hydrogens is 172 g/mol. The number of carbonyl (C=O) groups is 1. The van der Waals surface area contributed by atoms with Gasteiger partial charge < -0.3 is 9.84 Å². The molecule has 0 fully saturated rings. The number of aliphatic hydroxyl groups excluding tert-OH is 1. The first kappa shape index (κ1) is 11.9. The van der Waals surface area contributed by atoms with Crippen LogP contribution in [0.2, 0.25) is 0 Å². The van der Waals surface area contributed by atoms with Crippen LogP contribution in [0, 0.1) is 0 Å². The van der Waals surface area contributed by atoms with Gasteiger partial charge in [-0.25, -0.2) is 9.59 Å². The molecule has 0 heterocycles. The summed E-state index contributed by atoms with van der Waals surface area (Å²) >= 11 is 0. The SMILES string of the molecule is CCOC(=O)[C@H](O)CCCC=C=O. The van der Waals surface area contributed by atoms with E-state index in [2.05, 4.69) is 4.74 Å². The van der Waals surface area contributed by atoms with E-state index < -0.39 is 12.1 Å². The minimum atomic E-state index is -1.07. The topological polar surface area (TPSA) is 63.6 Å². The van der Waals surface area contributed by atoms with Crippen LogP contribution in [0.1, 0.15) is 26.2 Å². The van der Waals surface area contributed by atoms with Gasteiger partial charge in [0.25, 0.3) is 0 Å². The van der Waals surface area contributed by atoms with Gasteiger partial charge in [-0.3, -0.25) is 0 Å². The zero-order valence-electron chi connectivity index (χ0n) is 7.66. The van der Waals surface area contributed by atoms with Gasteiger partial charge in [0.1, 0.15) is 5.94 Å². The molecule has 13 heavy (non-hydrogen) atoms. The molecule has 0 rings (SSSR count). The Morgan fingerprint density at radius 2 is 2.38 bits per heavy atom. The van der Waals surface area contributed by atoms with Crippen LogP contribution in [0.5, 0.6) is 0 Å². The zero-order valence-corrected chi connectivity index (χ0v) is 7.66. The van der Waals surface area contributed by atoms with Gasteiger partial charge in [-0.15, -0.1) is 0 Å². The lowest BCUT2D eigenvalue weighted by Gasteiger charge is -2.07. The van der Waals surface area contributed by atoms with Crippen LogP contribution in [0.3, 0.4) is 0 Å². The van der Waals surface area contributed by atoms with Crippen molar-refractivity contribution in [3.63, 3.8) is 0 Å². The number of esters is 1. The van der Waals surface area contributed by atoms with Crippen LogP contribution in [-0.4, -0.2) is 29.7 Å². The number of carbonyl (C=O) groups excluding carboxylic acids is 2. The Labute approximate surface area is 77.2 Å². The molecular formula is C9H14O4. The van der Waals surface area contributed by atoms with Crippen molar-refractivity contribution in [1.29, 1.82) is 0 Å². The van der Waals surface area contributed by atoms with E-state index in [-0.39, 0.29) is 6.61 Å². The van der Waals surface area contributed by atoms with E-state index in [0.29, 0.717) is 19.3 Å². The van der Waals surface area contributed by atoms with E-state index in [1.807, 2.05) is 0 Å². The number of hydrogen-bond donors (Lipinski definition) is 1.